The van der Waals surface area contributed by atoms with Crippen LogP contribution in [0.25, 0.3) is 0 Å². The van der Waals surface area contributed by atoms with Gasteiger partial charge in [0.05, 0.1) is 13.2 Å². The second-order valence-electron chi connectivity index (χ2n) is 8.29. The van der Waals surface area contributed by atoms with Crippen LogP contribution in [0.15, 0.2) is 47.5 Å². The molecule has 0 amide bonds. The topological polar surface area (TPSA) is 43.4 Å². The van der Waals surface area contributed by atoms with Crippen molar-refractivity contribution in [3.05, 3.63) is 53.7 Å². The summed E-state index contributed by atoms with van der Waals surface area (Å²) < 4.78 is 11.6. The van der Waals surface area contributed by atoms with E-state index in [-0.39, 0.29) is 16.9 Å². The van der Waals surface area contributed by atoms with E-state index in [1.807, 2.05) is 30.1 Å². The van der Waals surface area contributed by atoms with E-state index in [1.165, 1.54) is 16.0 Å². The number of hydrogen-bond donors (Lipinski definition) is 1. The molecule has 5 heteroatoms. The zero-order valence-electron chi connectivity index (χ0n) is 17.4. The smallest absolute Gasteiger partial charge is 0.213 e. The van der Waals surface area contributed by atoms with Gasteiger partial charge in [-0.2, -0.15) is 0 Å². The molecule has 1 fully saturated rings. The number of nitrogens with zero attached hydrogens (tertiary/aromatic N) is 1. The Bertz CT molecular complexity index is 754. The highest BCUT2D eigenvalue weighted by atomic mass is 32.2. The molecule has 152 valence electrons. The van der Waals surface area contributed by atoms with Gasteiger partial charge in [0, 0.05) is 47.3 Å². The van der Waals surface area contributed by atoms with Crippen molar-refractivity contribution in [1.82, 2.24) is 10.3 Å². The maximum absolute atomic E-state index is 6.04. The lowest BCUT2D eigenvalue weighted by Crippen LogP contribution is -2.26. The lowest BCUT2D eigenvalue weighted by molar-refractivity contribution is 0.0237. The van der Waals surface area contributed by atoms with Gasteiger partial charge in [-0.15, -0.1) is 11.8 Å². The predicted molar refractivity (Wildman–Crippen MR) is 116 cm³/mol. The van der Waals surface area contributed by atoms with Crippen LogP contribution in [-0.2, 0) is 11.3 Å². The number of thioether (sulfide) groups is 1. The molecule has 1 atom stereocenters. The number of rotatable bonds is 7. The normalized spacial score (nSPS) is 16.7. The van der Waals surface area contributed by atoms with Gasteiger partial charge in [-0.05, 0) is 30.2 Å². The Morgan fingerprint density at radius 2 is 1.96 bits per heavy atom. The second kappa shape index (κ2) is 9.77. The van der Waals surface area contributed by atoms with Crippen molar-refractivity contribution in [2.45, 2.75) is 68.9 Å². The van der Waals surface area contributed by atoms with Crippen LogP contribution in [0.4, 0.5) is 0 Å². The lowest BCUT2D eigenvalue weighted by Gasteiger charge is -2.24. The largest absolute Gasteiger partial charge is 0.474 e. The summed E-state index contributed by atoms with van der Waals surface area (Å²) in [7, 11) is 0. The van der Waals surface area contributed by atoms with Crippen molar-refractivity contribution < 1.29 is 9.47 Å². The molecule has 1 N–H and O–H groups in total. The van der Waals surface area contributed by atoms with E-state index >= 15 is 0 Å². The fourth-order valence-corrected chi connectivity index (χ4v) is 4.40. The third kappa shape index (κ3) is 6.50. The van der Waals surface area contributed by atoms with Crippen LogP contribution in [0.1, 0.15) is 57.7 Å². The Labute approximate surface area is 173 Å². The van der Waals surface area contributed by atoms with E-state index < -0.39 is 0 Å². The van der Waals surface area contributed by atoms with Crippen molar-refractivity contribution in [1.29, 1.82) is 0 Å². The van der Waals surface area contributed by atoms with Crippen molar-refractivity contribution in [2.24, 2.45) is 0 Å². The fraction of sp³-hybridized carbons (Fsp3) is 0.522. The van der Waals surface area contributed by atoms with Gasteiger partial charge in [-0.3, -0.25) is 0 Å². The van der Waals surface area contributed by atoms with Crippen LogP contribution in [0.2, 0.25) is 0 Å². The van der Waals surface area contributed by atoms with Gasteiger partial charge in [0.25, 0.3) is 0 Å². The average Bonchev–Trinajstić information content (AvgIpc) is 2.66. The van der Waals surface area contributed by atoms with Crippen molar-refractivity contribution >= 4 is 11.8 Å². The Morgan fingerprint density at radius 3 is 2.71 bits per heavy atom. The van der Waals surface area contributed by atoms with Crippen molar-refractivity contribution in [2.75, 3.05) is 13.2 Å². The fourth-order valence-electron chi connectivity index (χ4n) is 3.23. The van der Waals surface area contributed by atoms with Crippen molar-refractivity contribution in [3.8, 4) is 5.88 Å². The maximum atomic E-state index is 6.04. The molecular weight excluding hydrogens is 368 g/mol. The van der Waals surface area contributed by atoms with Crippen LogP contribution in [0.5, 0.6) is 5.88 Å². The van der Waals surface area contributed by atoms with Gasteiger partial charge in [0.15, 0.2) is 0 Å². The summed E-state index contributed by atoms with van der Waals surface area (Å²) >= 11 is 1.92. The molecule has 0 spiro atoms. The van der Waals surface area contributed by atoms with Gasteiger partial charge in [-0.1, -0.05) is 39.0 Å². The van der Waals surface area contributed by atoms with E-state index in [9.17, 15) is 0 Å². The first-order valence-corrected chi connectivity index (χ1v) is 10.9. The Kier molecular flexibility index (Phi) is 7.38. The highest BCUT2D eigenvalue weighted by molar-refractivity contribution is 8.00. The summed E-state index contributed by atoms with van der Waals surface area (Å²) in [6.07, 6.45) is 3.91. The summed E-state index contributed by atoms with van der Waals surface area (Å²) in [5.74, 6) is 0.711. The summed E-state index contributed by atoms with van der Waals surface area (Å²) in [5.41, 5.74) is 2.53. The second-order valence-corrected chi connectivity index (χ2v) is 10.2. The summed E-state index contributed by atoms with van der Waals surface area (Å²) in [5, 5.41) is 3.66. The molecule has 3 rings (SSSR count). The molecule has 0 radical (unpaired) electrons. The number of nitrogens with one attached hydrogen (secondary N) is 1. The van der Waals surface area contributed by atoms with E-state index in [1.54, 1.807) is 0 Å². The molecule has 0 saturated carbocycles. The minimum Gasteiger partial charge on any atom is -0.474 e. The van der Waals surface area contributed by atoms with Crippen LogP contribution < -0.4 is 10.1 Å². The molecule has 1 aromatic carbocycles. The third-order valence-corrected chi connectivity index (χ3v) is 5.87. The minimum absolute atomic E-state index is 0.192. The highest BCUT2D eigenvalue weighted by Crippen LogP contribution is 2.36. The van der Waals surface area contributed by atoms with E-state index in [4.69, 9.17) is 9.47 Å². The molecule has 1 aromatic heterocycles. The number of pyridine rings is 1. The van der Waals surface area contributed by atoms with E-state index in [2.05, 4.69) is 62.3 Å². The molecular formula is C23H32N2O2S. The standard InChI is InChI=1S/C23H32N2O2S/c1-17(20-7-5-6-8-21(20)28-23(2,3)4)25-16-18-9-12-24-22(15-18)27-19-10-13-26-14-11-19/h5-9,12,15,17,19,25H,10-11,13-14,16H2,1-4H3. The maximum Gasteiger partial charge on any atom is 0.213 e. The minimum atomic E-state index is 0.192. The molecule has 0 bridgehead atoms. The average molecular weight is 401 g/mol. The van der Waals surface area contributed by atoms with Crippen LogP contribution in [0.3, 0.4) is 0 Å². The molecule has 1 aliphatic rings. The number of hydrogen-bond acceptors (Lipinski definition) is 5. The summed E-state index contributed by atoms with van der Waals surface area (Å²) in [6, 6.07) is 13.0. The van der Waals surface area contributed by atoms with Gasteiger partial charge < -0.3 is 14.8 Å². The summed E-state index contributed by atoms with van der Waals surface area (Å²) in [6.45, 7) is 11.3. The molecule has 1 aliphatic heterocycles. The van der Waals surface area contributed by atoms with E-state index in [0.29, 0.717) is 5.88 Å². The molecule has 1 saturated heterocycles. The Balaban J connectivity index is 1.60. The quantitative estimate of drug-likeness (QED) is 0.632. The molecule has 4 nitrogen and oxygen atoms in total. The SMILES string of the molecule is CC(NCc1ccnc(OC2CCOCC2)c1)c1ccccc1SC(C)(C)C. The van der Waals surface area contributed by atoms with Crippen LogP contribution >= 0.6 is 11.8 Å². The molecule has 28 heavy (non-hydrogen) atoms. The lowest BCUT2D eigenvalue weighted by atomic mass is 10.1. The zero-order chi connectivity index (χ0) is 20.0. The van der Waals surface area contributed by atoms with Crippen LogP contribution in [-0.4, -0.2) is 29.0 Å². The monoisotopic (exact) mass is 400 g/mol. The van der Waals surface area contributed by atoms with Crippen LogP contribution in [0, 0.1) is 0 Å². The van der Waals surface area contributed by atoms with Gasteiger partial charge in [-0.25, -0.2) is 4.98 Å². The van der Waals surface area contributed by atoms with Gasteiger partial charge >= 0.3 is 0 Å². The third-order valence-electron chi connectivity index (χ3n) is 4.67. The highest BCUT2D eigenvalue weighted by Gasteiger charge is 2.18. The first-order chi connectivity index (χ1) is 13.4. The Hall–Kier alpha value is -1.56. The first kappa shape index (κ1) is 21.2. The summed E-state index contributed by atoms with van der Waals surface area (Å²) in [4.78, 5) is 5.72. The number of benzene rings is 1. The van der Waals surface area contributed by atoms with Gasteiger partial charge in [0.2, 0.25) is 5.88 Å². The molecule has 1 unspecified atom stereocenters. The number of ether oxygens (including phenoxy) is 2. The number of aromatic nitrogens is 1. The molecule has 0 aliphatic carbocycles. The van der Waals surface area contributed by atoms with E-state index in [0.717, 1.165) is 32.6 Å². The molecule has 2 heterocycles. The van der Waals surface area contributed by atoms with Gasteiger partial charge in [0.1, 0.15) is 6.10 Å². The Morgan fingerprint density at radius 1 is 1.21 bits per heavy atom. The molecule has 2 aromatic rings. The first-order valence-electron chi connectivity index (χ1n) is 10.1. The predicted octanol–water partition coefficient (Wildman–Crippen LogP) is 5.38. The zero-order valence-corrected chi connectivity index (χ0v) is 18.2. The van der Waals surface area contributed by atoms with Crippen molar-refractivity contribution in [3.63, 3.8) is 0 Å².